The van der Waals surface area contributed by atoms with Crippen LogP contribution in [0.3, 0.4) is 0 Å². The Balaban J connectivity index is 1.76. The molecule has 1 aliphatic rings. The maximum Gasteiger partial charge on any atom is 0.416 e. The SMILES string of the molecule is CC(C)CNC(=O)c1ccc(-n2nc(-c3ccc(C(F)(F)F)cc3)c3c2CC(C)(C)CC3=O)nc1. The van der Waals surface area contributed by atoms with Gasteiger partial charge in [-0.2, -0.15) is 18.3 Å². The minimum absolute atomic E-state index is 0.109. The monoisotopic (exact) mass is 484 g/mol. The molecule has 9 heteroatoms. The normalized spacial score (nSPS) is 15.3. The number of pyridine rings is 1. The van der Waals surface area contributed by atoms with Gasteiger partial charge in [0, 0.05) is 24.7 Å². The van der Waals surface area contributed by atoms with E-state index in [0.29, 0.717) is 59.2 Å². The van der Waals surface area contributed by atoms with Crippen LogP contribution in [0, 0.1) is 11.3 Å². The third kappa shape index (κ3) is 5.13. The van der Waals surface area contributed by atoms with Gasteiger partial charge in [0.05, 0.1) is 22.4 Å². The highest BCUT2D eigenvalue weighted by Gasteiger charge is 2.37. The second-order valence-corrected chi connectivity index (χ2v) is 10.1. The van der Waals surface area contributed by atoms with Crippen LogP contribution < -0.4 is 5.32 Å². The van der Waals surface area contributed by atoms with E-state index in [-0.39, 0.29) is 17.1 Å². The van der Waals surface area contributed by atoms with Crippen molar-refractivity contribution in [1.29, 1.82) is 0 Å². The lowest BCUT2D eigenvalue weighted by atomic mass is 9.75. The fourth-order valence-electron chi connectivity index (χ4n) is 4.20. The molecule has 0 radical (unpaired) electrons. The second-order valence-electron chi connectivity index (χ2n) is 10.1. The quantitative estimate of drug-likeness (QED) is 0.519. The number of halogens is 3. The number of rotatable bonds is 5. The zero-order valence-corrected chi connectivity index (χ0v) is 20.0. The molecule has 3 aromatic rings. The lowest BCUT2D eigenvalue weighted by Crippen LogP contribution is -2.28. The van der Waals surface area contributed by atoms with Gasteiger partial charge >= 0.3 is 6.18 Å². The molecule has 0 aliphatic heterocycles. The van der Waals surface area contributed by atoms with E-state index in [2.05, 4.69) is 15.4 Å². The first-order valence-electron chi connectivity index (χ1n) is 11.4. The Morgan fingerprint density at radius 1 is 1.11 bits per heavy atom. The number of benzene rings is 1. The third-order valence-corrected chi connectivity index (χ3v) is 5.93. The van der Waals surface area contributed by atoms with Crippen molar-refractivity contribution in [2.75, 3.05) is 6.54 Å². The Kier molecular flexibility index (Phi) is 6.29. The van der Waals surface area contributed by atoms with E-state index < -0.39 is 11.7 Å². The number of carbonyl (C=O) groups is 2. The smallest absolute Gasteiger partial charge is 0.352 e. The lowest BCUT2D eigenvalue weighted by molar-refractivity contribution is -0.137. The van der Waals surface area contributed by atoms with Crippen molar-refractivity contribution in [1.82, 2.24) is 20.1 Å². The zero-order chi connectivity index (χ0) is 25.5. The van der Waals surface area contributed by atoms with Crippen LogP contribution >= 0.6 is 0 Å². The molecule has 6 nitrogen and oxygen atoms in total. The average Bonchev–Trinajstić information content (AvgIpc) is 3.15. The average molecular weight is 485 g/mol. The standard InChI is InChI=1S/C26H27F3N4O2/c1-15(2)13-31-24(35)17-7-10-21(30-14-17)33-19-11-25(3,4)12-20(34)22(19)23(32-33)16-5-8-18(9-6-16)26(27,28)29/h5-10,14-15H,11-13H2,1-4H3,(H,31,35). The zero-order valence-electron chi connectivity index (χ0n) is 20.0. The van der Waals surface area contributed by atoms with Gasteiger partial charge in [0.15, 0.2) is 11.6 Å². The highest BCUT2D eigenvalue weighted by Crippen LogP contribution is 2.40. The molecule has 0 fully saturated rings. The van der Waals surface area contributed by atoms with Gasteiger partial charge < -0.3 is 5.32 Å². The van der Waals surface area contributed by atoms with E-state index in [4.69, 9.17) is 0 Å². The van der Waals surface area contributed by atoms with Crippen molar-refractivity contribution in [3.8, 4) is 17.1 Å². The summed E-state index contributed by atoms with van der Waals surface area (Å²) in [6, 6.07) is 7.93. The Labute approximate surface area is 201 Å². The molecule has 0 saturated carbocycles. The minimum Gasteiger partial charge on any atom is -0.352 e. The predicted octanol–water partition coefficient (Wildman–Crippen LogP) is 5.49. The van der Waals surface area contributed by atoms with Gasteiger partial charge in [-0.3, -0.25) is 9.59 Å². The number of amides is 1. The van der Waals surface area contributed by atoms with Crippen LogP contribution in [0.2, 0.25) is 0 Å². The maximum absolute atomic E-state index is 13.1. The molecule has 1 aliphatic carbocycles. The Bertz CT molecular complexity index is 1260. The molecule has 35 heavy (non-hydrogen) atoms. The van der Waals surface area contributed by atoms with E-state index in [9.17, 15) is 22.8 Å². The van der Waals surface area contributed by atoms with Gasteiger partial charge in [-0.25, -0.2) is 9.67 Å². The third-order valence-electron chi connectivity index (χ3n) is 5.93. The Morgan fingerprint density at radius 3 is 2.37 bits per heavy atom. The first kappa shape index (κ1) is 24.6. The van der Waals surface area contributed by atoms with Crippen molar-refractivity contribution in [2.45, 2.75) is 46.7 Å². The van der Waals surface area contributed by atoms with Crippen LogP contribution in [-0.2, 0) is 12.6 Å². The van der Waals surface area contributed by atoms with Gasteiger partial charge in [0.2, 0.25) is 0 Å². The van der Waals surface area contributed by atoms with E-state index in [0.717, 1.165) is 12.1 Å². The van der Waals surface area contributed by atoms with Crippen molar-refractivity contribution in [3.05, 3.63) is 65.0 Å². The molecule has 1 aromatic carbocycles. The number of Topliss-reactive ketones (excluding diaryl/α,β-unsaturated/α-hetero) is 1. The molecule has 1 N–H and O–H groups in total. The summed E-state index contributed by atoms with van der Waals surface area (Å²) in [5.74, 6) is 0.390. The summed E-state index contributed by atoms with van der Waals surface area (Å²) >= 11 is 0. The van der Waals surface area contributed by atoms with E-state index in [1.165, 1.54) is 18.3 Å². The highest BCUT2D eigenvalue weighted by atomic mass is 19.4. The van der Waals surface area contributed by atoms with Gasteiger partial charge in [-0.15, -0.1) is 0 Å². The van der Waals surface area contributed by atoms with Gasteiger partial charge in [-0.1, -0.05) is 39.8 Å². The minimum atomic E-state index is -4.45. The predicted molar refractivity (Wildman–Crippen MR) is 125 cm³/mol. The summed E-state index contributed by atoms with van der Waals surface area (Å²) in [6.45, 7) is 8.51. The Morgan fingerprint density at radius 2 is 1.80 bits per heavy atom. The molecule has 0 atom stereocenters. The number of aromatic nitrogens is 3. The number of carbonyl (C=O) groups excluding carboxylic acids is 2. The van der Waals surface area contributed by atoms with Gasteiger partial charge in [-0.05, 0) is 42.0 Å². The van der Waals surface area contributed by atoms with Crippen LogP contribution in [0.25, 0.3) is 17.1 Å². The summed E-state index contributed by atoms with van der Waals surface area (Å²) in [6.07, 6.45) is -2.15. The topological polar surface area (TPSA) is 76.9 Å². The summed E-state index contributed by atoms with van der Waals surface area (Å²) in [7, 11) is 0. The summed E-state index contributed by atoms with van der Waals surface area (Å²) in [4.78, 5) is 29.9. The number of hydrogen-bond acceptors (Lipinski definition) is 4. The number of hydrogen-bond donors (Lipinski definition) is 1. The first-order chi connectivity index (χ1) is 16.4. The fraction of sp³-hybridized carbons (Fsp3) is 0.385. The molecule has 0 unspecified atom stereocenters. The molecule has 4 rings (SSSR count). The van der Waals surface area contributed by atoms with Crippen LogP contribution in [0.5, 0.6) is 0 Å². The number of nitrogens with one attached hydrogen (secondary N) is 1. The first-order valence-corrected chi connectivity index (χ1v) is 11.4. The molecule has 184 valence electrons. The van der Waals surface area contributed by atoms with Crippen molar-refractivity contribution in [3.63, 3.8) is 0 Å². The largest absolute Gasteiger partial charge is 0.416 e. The van der Waals surface area contributed by atoms with E-state index >= 15 is 0 Å². The fourth-order valence-corrected chi connectivity index (χ4v) is 4.20. The molecule has 2 aromatic heterocycles. The molecule has 1 amide bonds. The summed E-state index contributed by atoms with van der Waals surface area (Å²) in [5, 5.41) is 7.46. The molecular weight excluding hydrogens is 457 g/mol. The van der Waals surface area contributed by atoms with Gasteiger partial charge in [0.25, 0.3) is 5.91 Å². The number of nitrogens with zero attached hydrogens (tertiary/aromatic N) is 3. The second kappa shape index (κ2) is 8.94. The maximum atomic E-state index is 13.1. The lowest BCUT2D eigenvalue weighted by Gasteiger charge is -2.29. The van der Waals surface area contributed by atoms with Crippen LogP contribution in [0.1, 0.15) is 66.1 Å². The van der Waals surface area contributed by atoms with E-state index in [1.54, 1.807) is 16.8 Å². The molecule has 0 saturated heterocycles. The van der Waals surface area contributed by atoms with Crippen molar-refractivity contribution < 1.29 is 22.8 Å². The Hall–Kier alpha value is -3.49. The van der Waals surface area contributed by atoms with Crippen molar-refractivity contribution >= 4 is 11.7 Å². The molecule has 2 heterocycles. The van der Waals surface area contributed by atoms with Crippen LogP contribution in [-0.4, -0.2) is 33.0 Å². The van der Waals surface area contributed by atoms with Crippen LogP contribution in [0.15, 0.2) is 42.6 Å². The highest BCUT2D eigenvalue weighted by molar-refractivity contribution is 6.04. The summed E-state index contributed by atoms with van der Waals surface area (Å²) < 4.78 is 40.7. The molecule has 0 bridgehead atoms. The van der Waals surface area contributed by atoms with Gasteiger partial charge in [0.1, 0.15) is 5.69 Å². The summed E-state index contributed by atoms with van der Waals surface area (Å²) in [5.41, 5.74) is 1.14. The molecular formula is C26H27F3N4O2. The molecule has 0 spiro atoms. The number of alkyl halides is 3. The number of ketones is 1. The number of fused-ring (bicyclic) bond motifs is 1. The van der Waals surface area contributed by atoms with E-state index in [1.807, 2.05) is 27.7 Å². The van der Waals surface area contributed by atoms with Crippen molar-refractivity contribution in [2.24, 2.45) is 11.3 Å². The van der Waals surface area contributed by atoms with Crippen LogP contribution in [0.4, 0.5) is 13.2 Å².